The lowest BCUT2D eigenvalue weighted by atomic mass is 9.99. The number of hydrogen-bond donors (Lipinski definition) is 3. The summed E-state index contributed by atoms with van der Waals surface area (Å²) in [6.45, 7) is 3.38. The zero-order valence-corrected chi connectivity index (χ0v) is 12.2. The van der Waals surface area contributed by atoms with Crippen LogP contribution in [0.1, 0.15) is 11.1 Å². The molecule has 0 fully saturated rings. The molecule has 0 unspecified atom stereocenters. The Morgan fingerprint density at radius 3 is 2.65 bits per heavy atom. The predicted octanol–water partition coefficient (Wildman–Crippen LogP) is 0.898. The number of rotatable bonds is 5. The van der Waals surface area contributed by atoms with Crippen molar-refractivity contribution in [3.8, 4) is 0 Å². The molecule has 7 nitrogen and oxygen atoms in total. The van der Waals surface area contributed by atoms with Crippen LogP contribution in [0.3, 0.4) is 0 Å². The number of carbonyl (C=O) groups excluding carboxylic acids is 1. The largest absolute Gasteiger partial charge is 0.392 e. The topological polar surface area (TPSA) is 124 Å². The van der Waals surface area contributed by atoms with E-state index in [0.29, 0.717) is 16.8 Å². The van der Waals surface area contributed by atoms with Crippen LogP contribution in [0.5, 0.6) is 0 Å². The molecule has 0 saturated heterocycles. The Labute approximate surface area is 132 Å². The fourth-order valence-electron chi connectivity index (χ4n) is 2.06. The zero-order valence-electron chi connectivity index (χ0n) is 12.2. The van der Waals surface area contributed by atoms with Crippen molar-refractivity contribution in [3.63, 3.8) is 0 Å². The van der Waals surface area contributed by atoms with E-state index < -0.39 is 4.92 Å². The maximum absolute atomic E-state index is 11.3. The van der Waals surface area contributed by atoms with Gasteiger partial charge in [0.15, 0.2) is 0 Å². The van der Waals surface area contributed by atoms with Crippen molar-refractivity contribution < 1.29 is 15.1 Å². The second kappa shape index (κ2) is 6.52. The molecule has 0 heterocycles. The quantitative estimate of drug-likeness (QED) is 0.249. The molecule has 0 radical (unpaired) electrons. The van der Waals surface area contributed by atoms with Gasteiger partial charge in [-0.25, -0.2) is 0 Å². The molecule has 2 aromatic carbocycles. The molecule has 1 amide bonds. The summed E-state index contributed by atoms with van der Waals surface area (Å²) in [6, 6.07) is 11.2. The molecule has 0 bridgehead atoms. The minimum Gasteiger partial charge on any atom is -0.392 e. The highest BCUT2D eigenvalue weighted by molar-refractivity contribution is 6.13. The van der Waals surface area contributed by atoms with Crippen molar-refractivity contribution in [2.24, 2.45) is 0 Å². The summed E-state index contributed by atoms with van der Waals surface area (Å²) in [4.78, 5) is 21.7. The number of benzene rings is 2. The van der Waals surface area contributed by atoms with Crippen LogP contribution in [-0.4, -0.2) is 16.5 Å². The smallest absolute Gasteiger partial charge is 0.292 e. The van der Waals surface area contributed by atoms with Crippen LogP contribution in [0.15, 0.2) is 55.1 Å². The van der Waals surface area contributed by atoms with Crippen molar-refractivity contribution in [1.82, 2.24) is 0 Å². The second-order valence-corrected chi connectivity index (χ2v) is 4.68. The maximum Gasteiger partial charge on any atom is 0.292 e. The molecule has 23 heavy (non-hydrogen) atoms. The zero-order chi connectivity index (χ0) is 17.0. The molecule has 2 rings (SSSR count). The third-order valence-corrected chi connectivity index (χ3v) is 3.20. The van der Waals surface area contributed by atoms with Gasteiger partial charge in [-0.2, -0.15) is 0 Å². The number of hydrogen-bond acceptors (Lipinski definition) is 4. The number of amides is 1. The molecule has 0 aromatic heterocycles. The van der Waals surface area contributed by atoms with Gasteiger partial charge in [-0.3, -0.25) is 20.3 Å². The lowest BCUT2D eigenvalue weighted by Crippen LogP contribution is -2.41. The number of carbonyl (C=O) groups is 1. The van der Waals surface area contributed by atoms with Gasteiger partial charge in [0, 0.05) is 17.3 Å². The third-order valence-electron chi connectivity index (χ3n) is 3.20. The number of nitro groups is 1. The highest BCUT2D eigenvalue weighted by Gasteiger charge is 2.21. The highest BCUT2D eigenvalue weighted by atomic mass is 16.6. The summed E-state index contributed by atoms with van der Waals surface area (Å²) in [5.74, 6) is -0.351. The Morgan fingerprint density at radius 2 is 2.00 bits per heavy atom. The van der Waals surface area contributed by atoms with Crippen molar-refractivity contribution in [3.05, 3.63) is 76.4 Å². The Kier molecular flexibility index (Phi) is 4.51. The molecular formula is C16H15N4O3+. The molecule has 7 heteroatoms. The van der Waals surface area contributed by atoms with Gasteiger partial charge in [0.1, 0.15) is 5.69 Å². The van der Waals surface area contributed by atoms with Crippen LogP contribution >= 0.6 is 0 Å². The first-order valence-electron chi connectivity index (χ1n) is 6.63. The van der Waals surface area contributed by atoms with E-state index in [9.17, 15) is 14.9 Å². The first kappa shape index (κ1) is 15.9. The SMILES string of the molecule is C=CC(=O)Nc1cccc(C(=[NH2+])c2cccc([N+](=O)[O-])c2N)c1. The minimum absolute atomic E-state index is 0.00414. The molecule has 0 saturated carbocycles. The summed E-state index contributed by atoms with van der Waals surface area (Å²) >= 11 is 0. The van der Waals surface area contributed by atoms with Crippen molar-refractivity contribution >= 4 is 28.7 Å². The molecule has 0 spiro atoms. The van der Waals surface area contributed by atoms with Gasteiger partial charge in [-0.05, 0) is 30.3 Å². The van der Waals surface area contributed by atoms with Crippen LogP contribution < -0.4 is 16.5 Å². The van der Waals surface area contributed by atoms with E-state index in [2.05, 4.69) is 11.9 Å². The molecule has 116 valence electrons. The molecule has 0 aliphatic heterocycles. The standard InChI is InChI=1S/C16H14N4O3/c1-2-14(21)19-11-6-3-5-10(9-11)15(17)12-7-4-8-13(16(12)18)20(22)23/h2-9,17H,1,18H2,(H,19,21)/p+1. The highest BCUT2D eigenvalue weighted by Crippen LogP contribution is 2.26. The molecule has 2 aromatic rings. The van der Waals surface area contributed by atoms with E-state index in [4.69, 9.17) is 11.1 Å². The summed E-state index contributed by atoms with van der Waals surface area (Å²) < 4.78 is 0. The summed E-state index contributed by atoms with van der Waals surface area (Å²) in [5.41, 5.74) is 7.38. The number of nitrogens with zero attached hydrogens (tertiary/aromatic N) is 1. The van der Waals surface area contributed by atoms with Crippen molar-refractivity contribution in [2.45, 2.75) is 0 Å². The number of nitrogens with one attached hydrogen (secondary N) is 1. The van der Waals surface area contributed by atoms with Gasteiger partial charge < -0.3 is 11.1 Å². The lowest BCUT2D eigenvalue weighted by molar-refractivity contribution is -0.383. The summed E-state index contributed by atoms with van der Waals surface area (Å²) in [6.07, 6.45) is 1.15. The average molecular weight is 311 g/mol. The number of nitrogens with two attached hydrogens (primary N) is 2. The van der Waals surface area contributed by atoms with Gasteiger partial charge in [0.25, 0.3) is 5.69 Å². The van der Waals surface area contributed by atoms with Crippen LogP contribution in [0.4, 0.5) is 17.1 Å². The van der Waals surface area contributed by atoms with Gasteiger partial charge in [0.05, 0.1) is 10.5 Å². The molecular weight excluding hydrogens is 296 g/mol. The van der Waals surface area contributed by atoms with Crippen LogP contribution in [-0.2, 0) is 4.79 Å². The van der Waals surface area contributed by atoms with Crippen LogP contribution in [0.25, 0.3) is 0 Å². The van der Waals surface area contributed by atoms with Crippen LogP contribution in [0.2, 0.25) is 0 Å². The third kappa shape index (κ3) is 3.41. The monoisotopic (exact) mass is 311 g/mol. The van der Waals surface area contributed by atoms with E-state index in [1.54, 1.807) is 30.3 Å². The number of anilines is 2. The van der Waals surface area contributed by atoms with E-state index in [0.717, 1.165) is 6.08 Å². The molecule has 0 aliphatic carbocycles. The molecule has 5 N–H and O–H groups in total. The van der Waals surface area contributed by atoms with E-state index in [1.165, 1.54) is 12.1 Å². The van der Waals surface area contributed by atoms with Crippen LogP contribution in [0, 0.1) is 10.1 Å². The first-order chi connectivity index (χ1) is 10.9. The first-order valence-corrected chi connectivity index (χ1v) is 6.63. The molecule has 0 atom stereocenters. The molecule has 0 aliphatic rings. The summed E-state index contributed by atoms with van der Waals surface area (Å²) in [7, 11) is 0. The fourth-order valence-corrected chi connectivity index (χ4v) is 2.06. The van der Waals surface area contributed by atoms with Crippen molar-refractivity contribution in [1.29, 1.82) is 0 Å². The predicted molar refractivity (Wildman–Crippen MR) is 87.9 cm³/mol. The Balaban J connectivity index is 2.40. The average Bonchev–Trinajstić information content (AvgIpc) is 2.54. The lowest BCUT2D eigenvalue weighted by Gasteiger charge is -2.07. The number of para-hydroxylation sites is 1. The summed E-state index contributed by atoms with van der Waals surface area (Å²) in [5, 5.41) is 19.7. The van der Waals surface area contributed by atoms with E-state index in [1.807, 2.05) is 0 Å². The van der Waals surface area contributed by atoms with Gasteiger partial charge >= 0.3 is 0 Å². The Hall–Kier alpha value is -3.48. The fraction of sp³-hybridized carbons (Fsp3) is 0. The minimum atomic E-state index is -0.563. The number of nitro benzene ring substituents is 1. The van der Waals surface area contributed by atoms with E-state index >= 15 is 0 Å². The maximum atomic E-state index is 11.3. The Morgan fingerprint density at radius 1 is 1.30 bits per heavy atom. The number of nitrogen functional groups attached to an aromatic ring is 1. The Bertz CT molecular complexity index is 815. The second-order valence-electron chi connectivity index (χ2n) is 4.68. The van der Waals surface area contributed by atoms with Gasteiger partial charge in [-0.15, -0.1) is 0 Å². The van der Waals surface area contributed by atoms with Gasteiger partial charge in [0.2, 0.25) is 11.6 Å². The van der Waals surface area contributed by atoms with Crippen molar-refractivity contribution in [2.75, 3.05) is 11.1 Å². The normalized spacial score (nSPS) is 9.91. The van der Waals surface area contributed by atoms with Gasteiger partial charge in [-0.1, -0.05) is 18.7 Å². The van der Waals surface area contributed by atoms with E-state index in [-0.39, 0.29) is 23.0 Å².